The predicted octanol–water partition coefficient (Wildman–Crippen LogP) is 4.61. The van der Waals surface area contributed by atoms with Gasteiger partial charge < -0.3 is 5.32 Å². The second-order valence-corrected chi connectivity index (χ2v) is 9.01. The molecule has 6 heteroatoms. The summed E-state index contributed by atoms with van der Waals surface area (Å²) in [6.07, 6.45) is 6.11. The number of carbonyl (C=O) groups excluding carboxylic acids is 3. The number of amides is 3. The van der Waals surface area contributed by atoms with Crippen molar-refractivity contribution in [3.63, 3.8) is 0 Å². The number of imide groups is 1. The van der Waals surface area contributed by atoms with Crippen molar-refractivity contribution in [2.75, 3.05) is 5.32 Å². The van der Waals surface area contributed by atoms with Crippen molar-refractivity contribution in [1.82, 2.24) is 4.90 Å². The van der Waals surface area contributed by atoms with Crippen LogP contribution in [0.1, 0.15) is 30.9 Å². The fourth-order valence-electron chi connectivity index (χ4n) is 5.36. The van der Waals surface area contributed by atoms with Gasteiger partial charge in [0.2, 0.25) is 17.7 Å². The number of halogens is 1. The number of anilines is 1. The number of carbonyl (C=O) groups is 3. The molecule has 1 saturated carbocycles. The smallest absolute Gasteiger partial charge is 0.234 e. The van der Waals surface area contributed by atoms with Crippen LogP contribution in [0.3, 0.4) is 0 Å². The van der Waals surface area contributed by atoms with Gasteiger partial charge in [-0.25, -0.2) is 0 Å². The number of benzene rings is 2. The third-order valence-electron chi connectivity index (χ3n) is 6.80. The Morgan fingerprint density at radius 3 is 2.06 bits per heavy atom. The molecule has 0 radical (unpaired) electrons. The van der Waals surface area contributed by atoms with Crippen LogP contribution >= 0.6 is 11.6 Å². The fourth-order valence-corrected chi connectivity index (χ4v) is 5.48. The number of nitrogens with one attached hydrogen (secondary N) is 1. The Bertz CT molecular complexity index is 1020. The summed E-state index contributed by atoms with van der Waals surface area (Å²) in [7, 11) is 0. The molecule has 1 N–H and O–H groups in total. The highest BCUT2D eigenvalue weighted by Crippen LogP contribution is 2.51. The van der Waals surface area contributed by atoms with Crippen LogP contribution in [0.5, 0.6) is 0 Å². The van der Waals surface area contributed by atoms with Crippen LogP contribution in [0.2, 0.25) is 5.02 Å². The van der Waals surface area contributed by atoms with E-state index in [2.05, 4.69) is 17.5 Å². The molecule has 0 aromatic heterocycles. The fraction of sp³-hybridized carbons (Fsp3) is 0.320. The van der Waals surface area contributed by atoms with Crippen LogP contribution in [0.4, 0.5) is 5.69 Å². The van der Waals surface area contributed by atoms with Gasteiger partial charge in [-0.3, -0.25) is 19.3 Å². The Labute approximate surface area is 186 Å². The van der Waals surface area contributed by atoms with E-state index in [9.17, 15) is 14.4 Å². The largest absolute Gasteiger partial charge is 0.326 e. The van der Waals surface area contributed by atoms with Crippen molar-refractivity contribution in [3.05, 3.63) is 77.3 Å². The number of hydrogen-bond acceptors (Lipinski definition) is 3. The first-order valence-electron chi connectivity index (χ1n) is 10.7. The average molecular weight is 435 g/mol. The molecule has 5 nitrogen and oxygen atoms in total. The van der Waals surface area contributed by atoms with Crippen molar-refractivity contribution in [1.29, 1.82) is 0 Å². The number of hydrogen-bond donors (Lipinski definition) is 1. The van der Waals surface area contributed by atoms with Gasteiger partial charge in [-0.15, -0.1) is 0 Å². The lowest BCUT2D eigenvalue weighted by Crippen LogP contribution is -2.38. The molecular weight excluding hydrogens is 412 g/mol. The van der Waals surface area contributed by atoms with E-state index in [0.29, 0.717) is 10.7 Å². The van der Waals surface area contributed by atoms with Gasteiger partial charge >= 0.3 is 0 Å². The molecule has 2 bridgehead atoms. The van der Waals surface area contributed by atoms with Gasteiger partial charge in [0.25, 0.3) is 0 Å². The Morgan fingerprint density at radius 2 is 1.52 bits per heavy atom. The molecule has 2 fully saturated rings. The van der Waals surface area contributed by atoms with E-state index in [-0.39, 0.29) is 47.8 Å². The minimum atomic E-state index is -0.626. The number of nitrogens with zero attached hydrogens (tertiary/aromatic N) is 1. The van der Waals surface area contributed by atoms with Crippen molar-refractivity contribution < 1.29 is 14.4 Å². The predicted molar refractivity (Wildman–Crippen MR) is 118 cm³/mol. The third kappa shape index (κ3) is 3.57. The standard InChI is InChI=1S/C25H23ClN2O3/c26-18-10-12-19(13-11-18)27-21(29)14-20(15-4-2-1-3-5-15)28-24(30)22-16-6-7-17(9-8-16)23(22)25(28)31/h1-7,10-13,16-17,20,22-23H,8-9,14H2,(H,27,29)/t16-,17-,20-,22-,23+/m0/s1. The summed E-state index contributed by atoms with van der Waals surface area (Å²) in [4.78, 5) is 41.2. The van der Waals surface area contributed by atoms with E-state index in [1.54, 1.807) is 24.3 Å². The molecule has 1 heterocycles. The number of fused-ring (bicyclic) bond motifs is 1. The zero-order valence-corrected chi connectivity index (χ0v) is 17.7. The van der Waals surface area contributed by atoms with E-state index in [1.165, 1.54) is 4.90 Å². The lowest BCUT2D eigenvalue weighted by molar-refractivity contribution is -0.143. The molecular formula is C25H23ClN2O3. The minimum Gasteiger partial charge on any atom is -0.326 e. The maximum absolute atomic E-state index is 13.5. The van der Waals surface area contributed by atoms with Gasteiger partial charge in [-0.1, -0.05) is 54.1 Å². The zero-order chi connectivity index (χ0) is 21.5. The summed E-state index contributed by atoms with van der Waals surface area (Å²) in [5.74, 6) is -0.868. The highest BCUT2D eigenvalue weighted by Gasteiger charge is 2.58. The molecule has 0 spiro atoms. The maximum Gasteiger partial charge on any atom is 0.234 e. The van der Waals surface area contributed by atoms with Gasteiger partial charge in [-0.2, -0.15) is 0 Å². The topological polar surface area (TPSA) is 66.5 Å². The Kier molecular flexibility index (Phi) is 5.14. The van der Waals surface area contributed by atoms with E-state index >= 15 is 0 Å². The molecule has 31 heavy (non-hydrogen) atoms. The summed E-state index contributed by atoms with van der Waals surface area (Å²) in [5.41, 5.74) is 1.41. The molecule has 6 rings (SSSR count). The monoisotopic (exact) mass is 434 g/mol. The van der Waals surface area contributed by atoms with E-state index in [0.717, 1.165) is 18.4 Å². The first-order valence-corrected chi connectivity index (χ1v) is 11.1. The SMILES string of the molecule is O=C(C[C@@H](c1ccccc1)N1C(=O)[C@@H]2[C@H](C1=O)[C@H]1C=C[C@H]2CC1)Nc1ccc(Cl)cc1. The highest BCUT2D eigenvalue weighted by molar-refractivity contribution is 6.30. The summed E-state index contributed by atoms with van der Waals surface area (Å²) in [6, 6.07) is 15.6. The lowest BCUT2D eigenvalue weighted by atomic mass is 9.63. The summed E-state index contributed by atoms with van der Waals surface area (Å²) in [6.45, 7) is 0. The maximum atomic E-state index is 13.5. The molecule has 2 aromatic carbocycles. The highest BCUT2D eigenvalue weighted by atomic mass is 35.5. The molecule has 4 aliphatic rings. The van der Waals surface area contributed by atoms with Crippen molar-refractivity contribution in [3.8, 4) is 0 Å². The van der Waals surface area contributed by atoms with Gasteiger partial charge in [0.05, 0.1) is 24.3 Å². The molecule has 3 aliphatic carbocycles. The lowest BCUT2D eigenvalue weighted by Gasteiger charge is -2.38. The van der Waals surface area contributed by atoms with Crippen molar-refractivity contribution in [2.45, 2.75) is 25.3 Å². The van der Waals surface area contributed by atoms with Crippen LogP contribution in [0, 0.1) is 23.7 Å². The zero-order valence-electron chi connectivity index (χ0n) is 16.9. The molecule has 1 saturated heterocycles. The average Bonchev–Trinajstić information content (AvgIpc) is 3.07. The summed E-state index contributed by atoms with van der Waals surface area (Å²) >= 11 is 5.92. The second kappa shape index (κ2) is 7.97. The Hall–Kier alpha value is -2.92. The molecule has 1 aliphatic heterocycles. The van der Waals surface area contributed by atoms with Crippen LogP contribution < -0.4 is 5.32 Å². The normalized spacial score (nSPS) is 27.3. The van der Waals surface area contributed by atoms with Gasteiger partial charge in [0.15, 0.2) is 0 Å². The van der Waals surface area contributed by atoms with E-state index in [4.69, 9.17) is 11.6 Å². The number of rotatable bonds is 5. The Morgan fingerprint density at radius 1 is 0.935 bits per heavy atom. The third-order valence-corrected chi connectivity index (χ3v) is 7.05. The van der Waals surface area contributed by atoms with Crippen LogP contribution in [0.25, 0.3) is 0 Å². The molecule has 2 aromatic rings. The van der Waals surface area contributed by atoms with Crippen LogP contribution in [0.15, 0.2) is 66.7 Å². The van der Waals surface area contributed by atoms with Crippen LogP contribution in [-0.4, -0.2) is 22.6 Å². The van der Waals surface area contributed by atoms with Gasteiger partial charge in [-0.05, 0) is 54.5 Å². The molecule has 0 unspecified atom stereocenters. The summed E-state index contributed by atoms with van der Waals surface area (Å²) < 4.78 is 0. The van der Waals surface area contributed by atoms with E-state index in [1.807, 2.05) is 30.3 Å². The Balaban J connectivity index is 1.43. The first-order chi connectivity index (χ1) is 15.0. The van der Waals surface area contributed by atoms with Crippen molar-refractivity contribution >= 4 is 35.0 Å². The first kappa shape index (κ1) is 20.0. The molecule has 158 valence electrons. The van der Waals surface area contributed by atoms with Gasteiger partial charge in [0.1, 0.15) is 0 Å². The number of likely N-dealkylation sites (tertiary alicyclic amines) is 1. The minimum absolute atomic E-state index is 0.00627. The molecule has 3 amide bonds. The quantitative estimate of drug-likeness (QED) is 0.552. The number of allylic oxidation sites excluding steroid dienone is 2. The molecule has 5 atom stereocenters. The van der Waals surface area contributed by atoms with Gasteiger partial charge in [0, 0.05) is 10.7 Å². The summed E-state index contributed by atoms with van der Waals surface area (Å²) in [5, 5.41) is 3.44. The second-order valence-electron chi connectivity index (χ2n) is 8.57. The van der Waals surface area contributed by atoms with Crippen LogP contribution in [-0.2, 0) is 14.4 Å². The van der Waals surface area contributed by atoms with Crippen molar-refractivity contribution in [2.24, 2.45) is 23.7 Å². The van der Waals surface area contributed by atoms with E-state index < -0.39 is 6.04 Å².